The minimum Gasteiger partial charge on any atom is -0.444 e. The Labute approximate surface area is 131 Å². The predicted molar refractivity (Wildman–Crippen MR) is 89.8 cm³/mol. The molecule has 2 amide bonds. The van der Waals surface area contributed by atoms with Gasteiger partial charge in [0.25, 0.3) is 0 Å². The number of carbonyl (C=O) groups is 2. The van der Waals surface area contributed by atoms with Gasteiger partial charge in [-0.3, -0.25) is 4.79 Å². The van der Waals surface area contributed by atoms with Gasteiger partial charge in [-0.1, -0.05) is 0 Å². The van der Waals surface area contributed by atoms with Crippen molar-refractivity contribution in [3.63, 3.8) is 0 Å². The van der Waals surface area contributed by atoms with Crippen LogP contribution in [0.2, 0.25) is 0 Å². The highest BCUT2D eigenvalue weighted by Gasteiger charge is 2.27. The van der Waals surface area contributed by atoms with E-state index in [1.807, 2.05) is 20.8 Å². The molecular formula is C15H31N2O3S+. The van der Waals surface area contributed by atoms with Crippen LogP contribution in [0.1, 0.15) is 48.0 Å². The summed E-state index contributed by atoms with van der Waals surface area (Å²) in [6.07, 6.45) is 4.29. The van der Waals surface area contributed by atoms with Crippen molar-refractivity contribution in [3.05, 3.63) is 0 Å². The first-order valence-corrected chi connectivity index (χ1v) is 9.37. The molecule has 0 fully saturated rings. The van der Waals surface area contributed by atoms with E-state index in [0.717, 1.165) is 5.75 Å². The molecule has 5 nitrogen and oxygen atoms in total. The fourth-order valence-corrected chi connectivity index (χ4v) is 2.24. The van der Waals surface area contributed by atoms with Crippen LogP contribution in [-0.2, 0) is 20.4 Å². The van der Waals surface area contributed by atoms with E-state index < -0.39 is 17.7 Å². The van der Waals surface area contributed by atoms with Gasteiger partial charge in [-0.15, -0.1) is 0 Å². The highest BCUT2D eigenvalue weighted by molar-refractivity contribution is 7.95. The van der Waals surface area contributed by atoms with Crippen molar-refractivity contribution in [2.24, 2.45) is 0 Å². The smallest absolute Gasteiger partial charge is 0.408 e. The van der Waals surface area contributed by atoms with Crippen LogP contribution in [-0.4, -0.2) is 47.4 Å². The number of hydrogen-bond donors (Lipinski definition) is 2. The Kier molecular flexibility index (Phi) is 7.57. The summed E-state index contributed by atoms with van der Waals surface area (Å²) in [7, 11) is 0.218. The molecule has 0 heterocycles. The fraction of sp³-hybridized carbons (Fsp3) is 0.867. The molecule has 0 aromatic carbocycles. The molecule has 1 atom stereocenters. The lowest BCUT2D eigenvalue weighted by atomic mass is 10.1. The molecule has 0 aromatic rings. The number of amides is 2. The number of alkyl carbamates (subject to hydrolysis) is 1. The van der Waals surface area contributed by atoms with Gasteiger partial charge in [0.1, 0.15) is 17.4 Å². The SMILES string of the molecule is C[S+](C)CC[C@H](NC(=O)OC(C)(C)C)C(=O)NC(C)(C)C. The van der Waals surface area contributed by atoms with E-state index in [0.29, 0.717) is 6.42 Å². The van der Waals surface area contributed by atoms with Gasteiger partial charge in [-0.05, 0) is 52.4 Å². The van der Waals surface area contributed by atoms with Crippen molar-refractivity contribution in [2.45, 2.75) is 65.1 Å². The summed E-state index contributed by atoms with van der Waals surface area (Å²) in [5.74, 6) is 0.719. The molecule has 0 aliphatic rings. The van der Waals surface area contributed by atoms with Crippen LogP contribution in [0.15, 0.2) is 0 Å². The van der Waals surface area contributed by atoms with Crippen LogP contribution in [0.5, 0.6) is 0 Å². The van der Waals surface area contributed by atoms with E-state index >= 15 is 0 Å². The van der Waals surface area contributed by atoms with E-state index in [4.69, 9.17) is 4.74 Å². The zero-order valence-electron chi connectivity index (χ0n) is 14.6. The van der Waals surface area contributed by atoms with Crippen LogP contribution >= 0.6 is 0 Å². The molecular weight excluding hydrogens is 288 g/mol. The van der Waals surface area contributed by atoms with E-state index in [2.05, 4.69) is 23.1 Å². The van der Waals surface area contributed by atoms with Gasteiger partial charge < -0.3 is 15.4 Å². The number of ether oxygens (including phenoxy) is 1. The summed E-state index contributed by atoms with van der Waals surface area (Å²) in [5, 5.41) is 5.59. The van der Waals surface area contributed by atoms with Gasteiger partial charge in [0.15, 0.2) is 0 Å². The average Bonchev–Trinajstić information content (AvgIpc) is 2.18. The summed E-state index contributed by atoms with van der Waals surface area (Å²) in [4.78, 5) is 24.2. The average molecular weight is 319 g/mol. The predicted octanol–water partition coefficient (Wildman–Crippen LogP) is 2.06. The summed E-state index contributed by atoms with van der Waals surface area (Å²) >= 11 is 0. The Hall–Kier alpha value is -0.910. The van der Waals surface area contributed by atoms with Crippen molar-refractivity contribution in [3.8, 4) is 0 Å². The van der Waals surface area contributed by atoms with Crippen LogP contribution in [0.3, 0.4) is 0 Å². The molecule has 0 saturated heterocycles. The molecule has 0 radical (unpaired) electrons. The summed E-state index contributed by atoms with van der Waals surface area (Å²) in [6, 6.07) is -0.561. The maximum absolute atomic E-state index is 12.3. The van der Waals surface area contributed by atoms with Gasteiger partial charge in [0.2, 0.25) is 5.91 Å². The van der Waals surface area contributed by atoms with Gasteiger partial charge in [0.05, 0.1) is 12.5 Å². The largest absolute Gasteiger partial charge is 0.444 e. The van der Waals surface area contributed by atoms with Crippen molar-refractivity contribution in [1.82, 2.24) is 10.6 Å². The summed E-state index contributed by atoms with van der Waals surface area (Å²) in [5.41, 5.74) is -0.903. The first kappa shape index (κ1) is 20.1. The van der Waals surface area contributed by atoms with Crippen molar-refractivity contribution >= 4 is 22.9 Å². The number of hydrogen-bond acceptors (Lipinski definition) is 3. The highest BCUT2D eigenvalue weighted by Crippen LogP contribution is 2.08. The lowest BCUT2D eigenvalue weighted by Gasteiger charge is -2.26. The molecule has 0 bridgehead atoms. The van der Waals surface area contributed by atoms with Gasteiger partial charge in [0, 0.05) is 12.0 Å². The van der Waals surface area contributed by atoms with E-state index in [1.165, 1.54) is 0 Å². The molecule has 0 spiro atoms. The molecule has 6 heteroatoms. The summed E-state index contributed by atoms with van der Waals surface area (Å²) in [6.45, 7) is 11.1. The quantitative estimate of drug-likeness (QED) is 0.762. The Morgan fingerprint density at radius 1 is 1.10 bits per heavy atom. The first-order chi connectivity index (χ1) is 9.30. The van der Waals surface area contributed by atoms with Crippen molar-refractivity contribution in [1.29, 1.82) is 0 Å². The second-order valence-corrected chi connectivity index (χ2v) is 9.80. The molecule has 0 aromatic heterocycles. The minimum atomic E-state index is -0.574. The van der Waals surface area contributed by atoms with E-state index in [-0.39, 0.29) is 22.3 Å². The van der Waals surface area contributed by atoms with Crippen LogP contribution in [0.4, 0.5) is 4.79 Å². The third-order valence-electron chi connectivity index (χ3n) is 2.32. The number of carbonyl (C=O) groups excluding carboxylic acids is 2. The standard InChI is InChI=1S/C15H30N2O3S/c1-14(2,3)17-12(18)11(9-10-21(7)8)16-13(19)20-15(4,5)6/h11H,9-10H2,1-8H3,(H-,16,17,18,19)/p+1/t11-/m0/s1. The summed E-state index contributed by atoms with van der Waals surface area (Å²) < 4.78 is 5.23. The minimum absolute atomic E-state index is 0.168. The molecule has 0 saturated carbocycles. The second-order valence-electron chi connectivity index (χ2n) is 7.42. The van der Waals surface area contributed by atoms with Crippen molar-refractivity contribution in [2.75, 3.05) is 18.3 Å². The van der Waals surface area contributed by atoms with Crippen LogP contribution < -0.4 is 10.6 Å². The fourth-order valence-electron chi connectivity index (χ4n) is 1.53. The Bertz CT molecular complexity index is 357. The maximum Gasteiger partial charge on any atom is 0.408 e. The number of nitrogens with one attached hydrogen (secondary N) is 2. The molecule has 124 valence electrons. The molecule has 0 unspecified atom stereocenters. The molecule has 2 N–H and O–H groups in total. The third kappa shape index (κ3) is 11.4. The second kappa shape index (κ2) is 7.92. The maximum atomic E-state index is 12.3. The Morgan fingerprint density at radius 3 is 2.00 bits per heavy atom. The first-order valence-electron chi connectivity index (χ1n) is 7.16. The number of rotatable bonds is 5. The van der Waals surface area contributed by atoms with Crippen LogP contribution in [0, 0.1) is 0 Å². The normalized spacial score (nSPS) is 13.8. The molecule has 0 aliphatic heterocycles. The zero-order valence-corrected chi connectivity index (χ0v) is 15.4. The Balaban J connectivity index is 4.73. The molecule has 0 aliphatic carbocycles. The van der Waals surface area contributed by atoms with E-state index in [1.54, 1.807) is 20.8 Å². The lowest BCUT2D eigenvalue weighted by Crippen LogP contribution is -2.53. The van der Waals surface area contributed by atoms with Gasteiger partial charge in [-0.2, -0.15) is 0 Å². The van der Waals surface area contributed by atoms with E-state index in [9.17, 15) is 9.59 Å². The third-order valence-corrected chi connectivity index (χ3v) is 3.37. The monoisotopic (exact) mass is 319 g/mol. The van der Waals surface area contributed by atoms with Gasteiger partial charge >= 0.3 is 6.09 Å². The molecule has 0 rings (SSSR count). The topological polar surface area (TPSA) is 67.4 Å². The zero-order chi connectivity index (χ0) is 16.8. The lowest BCUT2D eigenvalue weighted by molar-refractivity contribution is -0.124. The van der Waals surface area contributed by atoms with Crippen LogP contribution in [0.25, 0.3) is 0 Å². The van der Waals surface area contributed by atoms with Gasteiger partial charge in [-0.25, -0.2) is 4.79 Å². The van der Waals surface area contributed by atoms with Crippen molar-refractivity contribution < 1.29 is 14.3 Å². The Morgan fingerprint density at radius 2 is 1.62 bits per heavy atom. The highest BCUT2D eigenvalue weighted by atomic mass is 32.2. The molecule has 21 heavy (non-hydrogen) atoms.